The molecule has 0 radical (unpaired) electrons. The molecule has 0 spiro atoms. The zero-order valence-electron chi connectivity index (χ0n) is 37.3. The maximum absolute atomic E-state index is 12.7. The number of ether oxygens (including phenoxy) is 2. The van der Waals surface area contributed by atoms with Crippen LogP contribution in [0, 0.1) is 6.92 Å². The second-order valence-electron chi connectivity index (χ2n) is 14.3. The van der Waals surface area contributed by atoms with Crippen LogP contribution in [0.2, 0.25) is 5.02 Å². The summed E-state index contributed by atoms with van der Waals surface area (Å²) in [7, 11) is -6.85. The lowest BCUT2D eigenvalue weighted by molar-refractivity contribution is -0.193. The number of amides is 4. The number of methoxy groups -OCH3 is 1. The van der Waals surface area contributed by atoms with Gasteiger partial charge in [0.1, 0.15) is 18.5 Å². The van der Waals surface area contributed by atoms with Gasteiger partial charge in [-0.05, 0) is 98.3 Å². The number of carboxylic acid groups (broad SMARTS) is 1. The molecule has 374 valence electrons. The van der Waals surface area contributed by atoms with E-state index in [1.165, 1.54) is 43.2 Å². The SMILES string of the molecule is CCOC(=O)/C(Cl)=C/c1cc(N2C(=O)C3=C(CCCC3)C2=O)ccc1Cl.COc1nc(C)nc(NC(=O)NS(=O)(=O)c2ccccc2CCC(F)(F)F)n1.C[S+](C)C.O=C(O)CNCP(=O)([O-])O. The Bertz CT molecular complexity index is 2500. The molecular formula is C40H49Cl2F3N7O13PS2. The van der Waals surface area contributed by atoms with Crippen LogP contribution < -0.4 is 29.9 Å². The maximum atomic E-state index is 12.7. The lowest BCUT2D eigenvalue weighted by atomic mass is 9.93. The van der Waals surface area contributed by atoms with Crippen LogP contribution in [-0.2, 0) is 55.8 Å². The Morgan fingerprint density at radius 1 is 1.03 bits per heavy atom. The van der Waals surface area contributed by atoms with Crippen LogP contribution >= 0.6 is 30.8 Å². The first-order valence-corrected chi connectivity index (χ1v) is 26.2. The molecule has 1 aliphatic carbocycles. The molecule has 2 aromatic carbocycles. The summed E-state index contributed by atoms with van der Waals surface area (Å²) < 4.78 is 83.6. The van der Waals surface area contributed by atoms with Crippen LogP contribution in [-0.4, -0.2) is 115 Å². The van der Waals surface area contributed by atoms with Gasteiger partial charge in [0.05, 0.1) is 55.9 Å². The highest BCUT2D eigenvalue weighted by Gasteiger charge is 2.40. The van der Waals surface area contributed by atoms with Crippen LogP contribution in [0.4, 0.5) is 29.6 Å². The number of halogens is 5. The Kier molecular flexibility index (Phi) is 23.6. The Labute approximate surface area is 402 Å². The lowest BCUT2D eigenvalue weighted by Crippen LogP contribution is -2.35. The summed E-state index contributed by atoms with van der Waals surface area (Å²) in [5.41, 5.74) is 1.97. The standard InChI is InChI=1S/C19H17Cl2NO4.C15H16F3N5O4S.C3H8NO5P.C3H9S/c1-2-26-19(25)16(21)10-11-9-12(7-8-15(11)20)22-17(23)13-5-3-4-6-14(13)18(22)24;1-9-19-12(22-14(20-9)27-2)21-13(24)23-28(25,26)11-6-4-3-5-10(11)7-8-15(16,17)18;5-3(6)1-4-2-10(7,8)9;1-4(2)3/h7-10H,2-6H2,1H3;3-6H,7-8H2,1-2H3,(H2,19,20,21,22,23,24);4H,1-2H2,(H,5,6)(H2,7,8,9);1-3H3/q;;;+1/p-1/b16-10-;;;. The number of aliphatic carboxylic acids is 1. The topological polar surface area (TPSA) is 297 Å². The highest BCUT2D eigenvalue weighted by molar-refractivity contribution is 7.94. The Morgan fingerprint density at radius 3 is 2.15 bits per heavy atom. The van der Waals surface area contributed by atoms with E-state index in [4.69, 9.17) is 42.7 Å². The third-order valence-corrected chi connectivity index (χ3v) is 10.9. The van der Waals surface area contributed by atoms with E-state index < -0.39 is 72.3 Å². The van der Waals surface area contributed by atoms with Crippen molar-refractivity contribution in [1.82, 2.24) is 25.0 Å². The molecule has 4 amide bonds. The number of imide groups is 1. The van der Waals surface area contributed by atoms with Crippen molar-refractivity contribution in [2.45, 2.75) is 63.4 Å². The van der Waals surface area contributed by atoms with Crippen LogP contribution in [0.5, 0.6) is 6.01 Å². The molecule has 68 heavy (non-hydrogen) atoms. The second-order valence-corrected chi connectivity index (χ2v) is 20.9. The van der Waals surface area contributed by atoms with E-state index in [1.54, 1.807) is 29.8 Å². The molecule has 0 saturated heterocycles. The number of nitrogens with one attached hydrogen (secondary N) is 3. The van der Waals surface area contributed by atoms with Gasteiger partial charge in [0.15, 0.2) is 0 Å². The first kappa shape index (κ1) is 59.0. The van der Waals surface area contributed by atoms with E-state index >= 15 is 0 Å². The minimum atomic E-state index is -4.45. The molecule has 0 bridgehead atoms. The van der Waals surface area contributed by atoms with Crippen molar-refractivity contribution < 1.29 is 74.5 Å². The number of aryl methyl sites for hydroxylation is 2. The number of nitrogens with zero attached hydrogens (tertiary/aromatic N) is 4. The number of benzene rings is 2. The highest BCUT2D eigenvalue weighted by atomic mass is 35.5. The Morgan fingerprint density at radius 2 is 1.62 bits per heavy atom. The molecule has 2 aliphatic rings. The Hall–Kier alpha value is -5.14. The van der Waals surface area contributed by atoms with E-state index in [2.05, 4.69) is 39.0 Å². The van der Waals surface area contributed by atoms with Gasteiger partial charge in [0.2, 0.25) is 5.95 Å². The lowest BCUT2D eigenvalue weighted by Gasteiger charge is -2.16. The van der Waals surface area contributed by atoms with E-state index in [0.29, 0.717) is 51.2 Å². The van der Waals surface area contributed by atoms with Gasteiger partial charge in [-0.2, -0.15) is 28.1 Å². The summed E-state index contributed by atoms with van der Waals surface area (Å²) in [4.78, 5) is 88.9. The van der Waals surface area contributed by atoms with Gasteiger partial charge in [0.25, 0.3) is 21.8 Å². The minimum Gasteiger partial charge on any atom is -0.778 e. The van der Waals surface area contributed by atoms with Crippen LogP contribution in [0.15, 0.2) is 63.5 Å². The van der Waals surface area contributed by atoms with Crippen LogP contribution in [0.3, 0.4) is 0 Å². The molecule has 1 aromatic heterocycles. The number of carbonyl (C=O) groups is 5. The summed E-state index contributed by atoms with van der Waals surface area (Å²) in [5.74, 6) is -2.45. The van der Waals surface area contributed by atoms with Crippen molar-refractivity contribution in [3.63, 3.8) is 0 Å². The van der Waals surface area contributed by atoms with Crippen molar-refractivity contribution >= 4 is 99.2 Å². The normalized spacial score (nSPS) is 14.5. The van der Waals surface area contributed by atoms with Gasteiger partial charge in [0, 0.05) is 22.6 Å². The number of hydrogen-bond donors (Lipinski definition) is 5. The van der Waals surface area contributed by atoms with E-state index in [1.807, 2.05) is 5.32 Å². The number of carbonyl (C=O) groups excluding carboxylic acids is 4. The molecule has 28 heteroatoms. The summed E-state index contributed by atoms with van der Waals surface area (Å²) in [6, 6.07) is 8.55. The average molecular weight is 1060 g/mol. The molecule has 0 fully saturated rings. The minimum absolute atomic E-state index is 0.0715. The van der Waals surface area contributed by atoms with Gasteiger partial charge >= 0.3 is 30.2 Å². The average Bonchev–Trinajstić information content (AvgIpc) is 3.48. The molecule has 5 N–H and O–H groups in total. The number of rotatable bonds is 14. The largest absolute Gasteiger partial charge is 0.778 e. The number of alkyl halides is 3. The third kappa shape index (κ3) is 20.6. The summed E-state index contributed by atoms with van der Waals surface area (Å²) in [6.07, 6.45) is 4.13. The smallest absolute Gasteiger partial charge is 0.389 e. The van der Waals surface area contributed by atoms with Crippen molar-refractivity contribution in [2.24, 2.45) is 0 Å². The first-order valence-electron chi connectivity index (χ1n) is 19.7. The number of urea groups is 1. The molecule has 0 saturated carbocycles. The number of anilines is 2. The zero-order chi connectivity index (χ0) is 51.6. The first-order chi connectivity index (χ1) is 31.6. The van der Waals surface area contributed by atoms with Crippen molar-refractivity contribution in [3.8, 4) is 6.01 Å². The summed E-state index contributed by atoms with van der Waals surface area (Å²) in [6.45, 7) is 2.90. The van der Waals surface area contributed by atoms with Gasteiger partial charge in [-0.15, -0.1) is 0 Å². The fourth-order valence-electron chi connectivity index (χ4n) is 5.61. The number of carboxylic acids is 1. The molecule has 2 heterocycles. The monoisotopic (exact) mass is 1060 g/mol. The van der Waals surface area contributed by atoms with E-state index in [9.17, 15) is 55.0 Å². The van der Waals surface area contributed by atoms with Crippen LogP contribution in [0.25, 0.3) is 6.08 Å². The van der Waals surface area contributed by atoms with Crippen LogP contribution in [0.1, 0.15) is 56.0 Å². The molecule has 1 unspecified atom stereocenters. The van der Waals surface area contributed by atoms with Gasteiger partial charge in [-0.3, -0.25) is 25.0 Å². The van der Waals surface area contributed by atoms with Gasteiger partial charge in [-0.25, -0.2) is 27.6 Å². The highest BCUT2D eigenvalue weighted by Crippen LogP contribution is 2.37. The molecule has 3 aromatic rings. The number of sulfonamides is 1. The fraction of sp³-hybridized carbons (Fsp3) is 0.400. The fourth-order valence-corrected chi connectivity index (χ4v) is 7.53. The van der Waals surface area contributed by atoms with Crippen molar-refractivity contribution in [2.75, 3.05) is 55.5 Å². The van der Waals surface area contributed by atoms with Gasteiger partial charge in [-0.1, -0.05) is 41.4 Å². The van der Waals surface area contributed by atoms with E-state index in [0.717, 1.165) is 18.9 Å². The quantitative estimate of drug-likeness (QED) is 0.0462. The van der Waals surface area contributed by atoms with E-state index in [-0.39, 0.29) is 46.8 Å². The van der Waals surface area contributed by atoms with Crippen molar-refractivity contribution in [3.05, 3.63) is 80.6 Å². The second kappa shape index (κ2) is 27.2. The Balaban J connectivity index is 0.000000367. The molecular weight excluding hydrogens is 1010 g/mol. The number of aromatic nitrogens is 3. The number of hydrogen-bond acceptors (Lipinski definition) is 15. The predicted octanol–water partition coefficient (Wildman–Crippen LogP) is 5.08. The predicted molar refractivity (Wildman–Crippen MR) is 247 cm³/mol. The number of esters is 1. The molecule has 1 atom stereocenters. The summed E-state index contributed by atoms with van der Waals surface area (Å²) >= 11 is 12.1. The molecule has 1 aliphatic heterocycles. The molecule has 20 nitrogen and oxygen atoms in total. The third-order valence-electron chi connectivity index (χ3n) is 8.27. The zero-order valence-corrected chi connectivity index (χ0v) is 41.3. The maximum Gasteiger partial charge on any atom is 0.389 e. The van der Waals surface area contributed by atoms with Crippen molar-refractivity contribution in [1.29, 1.82) is 0 Å². The molecule has 5 rings (SSSR count). The summed E-state index contributed by atoms with van der Waals surface area (Å²) in [5, 5.41) is 12.3. The van der Waals surface area contributed by atoms with Gasteiger partial charge < -0.3 is 28.9 Å².